The molecule has 3 nitrogen and oxygen atoms in total. The second kappa shape index (κ2) is 1.92. The number of esters is 1. The Morgan fingerprint density at radius 3 is 3.09 bits per heavy atom. The van der Waals surface area contributed by atoms with E-state index in [0.717, 1.165) is 0 Å². The third-order valence-corrected chi connectivity index (χ3v) is 1.48. The molecule has 0 unspecified atom stereocenters. The average molecular weight is 145 g/mol. The van der Waals surface area contributed by atoms with Crippen LogP contribution in [0.25, 0.3) is 0 Å². The standard InChI is InChI=1S/C8H3NO2/c9-7-5-3-1-2-4-6(5)8(10)11-7/h1-2,4H. The van der Waals surface area contributed by atoms with Gasteiger partial charge in [0.2, 0.25) is 0 Å². The maximum atomic E-state index is 10.9. The number of fused-ring (bicyclic) bond motifs is 1. The second-order valence-corrected chi connectivity index (χ2v) is 2.15. The minimum Gasteiger partial charge on any atom is -0.401 e. The number of rotatable bonds is 0. The summed E-state index contributed by atoms with van der Waals surface area (Å²) in [6.45, 7) is 0. The van der Waals surface area contributed by atoms with Gasteiger partial charge in [0.05, 0.1) is 11.1 Å². The van der Waals surface area contributed by atoms with Gasteiger partial charge in [0.15, 0.2) is 0 Å². The molecule has 0 amide bonds. The summed E-state index contributed by atoms with van der Waals surface area (Å²) >= 11 is 0. The number of carbonyl (C=O) groups is 1. The summed E-state index contributed by atoms with van der Waals surface area (Å²) in [5, 5.41) is 8.99. The number of nitrogens with zero attached hydrogens (tertiary/aromatic N) is 1. The smallest absolute Gasteiger partial charge is 0.345 e. The molecule has 52 valence electrons. The Labute approximate surface area is 63.1 Å². The molecular weight excluding hydrogens is 142 g/mol. The van der Waals surface area contributed by atoms with Crippen molar-refractivity contribution in [3.05, 3.63) is 35.4 Å². The van der Waals surface area contributed by atoms with Crippen LogP contribution in [0.4, 0.5) is 0 Å². The van der Waals surface area contributed by atoms with Gasteiger partial charge in [0.1, 0.15) is 0 Å². The lowest BCUT2D eigenvalue weighted by Crippen LogP contribution is -1.99. The quantitative estimate of drug-likeness (QED) is 0.490. The van der Waals surface area contributed by atoms with Gasteiger partial charge in [-0.3, -0.25) is 0 Å². The van der Waals surface area contributed by atoms with Gasteiger partial charge in [0.25, 0.3) is 5.90 Å². The van der Waals surface area contributed by atoms with Crippen LogP contribution in [-0.4, -0.2) is 11.9 Å². The van der Waals surface area contributed by atoms with Crippen molar-refractivity contribution in [2.75, 3.05) is 0 Å². The minimum absolute atomic E-state index is 0.345. The molecule has 0 atom stereocenters. The molecule has 0 saturated carbocycles. The van der Waals surface area contributed by atoms with Gasteiger partial charge in [-0.15, -0.1) is 5.41 Å². The zero-order chi connectivity index (χ0) is 7.84. The van der Waals surface area contributed by atoms with E-state index in [1.54, 1.807) is 18.2 Å². The van der Waals surface area contributed by atoms with E-state index in [2.05, 4.69) is 10.8 Å². The highest BCUT2D eigenvalue weighted by Crippen LogP contribution is 2.17. The monoisotopic (exact) mass is 145 g/mol. The van der Waals surface area contributed by atoms with E-state index in [1.807, 2.05) is 0 Å². The average Bonchev–Trinajstić information content (AvgIpc) is 2.30. The van der Waals surface area contributed by atoms with Gasteiger partial charge in [0, 0.05) is 0 Å². The number of benzene rings is 1. The normalized spacial score (nSPS) is 14.5. The third-order valence-electron chi connectivity index (χ3n) is 1.48. The molecular formula is C8H3NO2. The van der Waals surface area contributed by atoms with Crippen molar-refractivity contribution in [3.63, 3.8) is 0 Å². The summed E-state index contributed by atoms with van der Waals surface area (Å²) in [7, 11) is 0. The molecule has 2 radical (unpaired) electrons. The summed E-state index contributed by atoms with van der Waals surface area (Å²) in [5.41, 5.74) is 0.711. The Hall–Kier alpha value is -1.64. The summed E-state index contributed by atoms with van der Waals surface area (Å²) in [6.07, 6.45) is 0. The zero-order valence-corrected chi connectivity index (χ0v) is 5.50. The van der Waals surface area contributed by atoms with Crippen molar-refractivity contribution in [2.45, 2.75) is 0 Å². The molecule has 1 aliphatic heterocycles. The Kier molecular flexibility index (Phi) is 1.06. The SMILES string of the molecule is [N]=C1OC(=O)c2ccc[c]c21. The van der Waals surface area contributed by atoms with Crippen LogP contribution in [0.15, 0.2) is 18.2 Å². The van der Waals surface area contributed by atoms with E-state index in [0.29, 0.717) is 11.1 Å². The lowest BCUT2D eigenvalue weighted by Gasteiger charge is -1.86. The lowest BCUT2D eigenvalue weighted by molar-refractivity contribution is 0.0737. The lowest BCUT2D eigenvalue weighted by atomic mass is 10.1. The molecule has 2 rings (SSSR count). The predicted octanol–water partition coefficient (Wildman–Crippen LogP) is 0.204. The van der Waals surface area contributed by atoms with E-state index >= 15 is 0 Å². The van der Waals surface area contributed by atoms with E-state index in [1.165, 1.54) is 0 Å². The van der Waals surface area contributed by atoms with Crippen molar-refractivity contribution in [1.29, 1.82) is 0 Å². The molecule has 0 spiro atoms. The van der Waals surface area contributed by atoms with E-state index < -0.39 is 5.97 Å². The van der Waals surface area contributed by atoms with Gasteiger partial charge in [-0.2, -0.15) is 0 Å². The summed E-state index contributed by atoms with van der Waals surface area (Å²) in [5.74, 6) is -0.875. The van der Waals surface area contributed by atoms with Gasteiger partial charge in [-0.25, -0.2) is 4.79 Å². The first kappa shape index (κ1) is 6.09. The first-order valence-corrected chi connectivity index (χ1v) is 3.08. The molecule has 1 aromatic rings. The predicted molar refractivity (Wildman–Crippen MR) is 36.9 cm³/mol. The summed E-state index contributed by atoms with van der Waals surface area (Å²) in [4.78, 5) is 10.9. The number of carbonyl (C=O) groups excluding carboxylic acids is 1. The molecule has 0 fully saturated rings. The van der Waals surface area contributed by atoms with Crippen molar-refractivity contribution in [3.8, 4) is 0 Å². The first-order valence-electron chi connectivity index (χ1n) is 3.08. The molecule has 0 N–H and O–H groups in total. The summed E-state index contributed by atoms with van der Waals surface area (Å²) in [6, 6.07) is 7.55. The molecule has 1 aliphatic rings. The van der Waals surface area contributed by atoms with Gasteiger partial charge in [-0.05, 0) is 12.1 Å². The number of cyclic esters (lactones) is 1. The number of hydrogen-bond donors (Lipinski definition) is 0. The van der Waals surface area contributed by atoms with Crippen LogP contribution >= 0.6 is 0 Å². The second-order valence-electron chi connectivity index (χ2n) is 2.15. The van der Waals surface area contributed by atoms with Crippen LogP contribution in [0.2, 0.25) is 0 Å². The first-order chi connectivity index (χ1) is 5.29. The fourth-order valence-electron chi connectivity index (χ4n) is 0.978. The summed E-state index contributed by atoms with van der Waals surface area (Å²) < 4.78 is 4.43. The molecule has 1 aromatic carbocycles. The maximum absolute atomic E-state index is 10.9. The Bertz CT molecular complexity index is 311. The highest BCUT2D eigenvalue weighted by Gasteiger charge is 2.26. The van der Waals surface area contributed by atoms with E-state index in [4.69, 9.17) is 5.41 Å². The Balaban J connectivity index is 2.69. The van der Waals surface area contributed by atoms with Gasteiger partial charge in [-0.1, -0.05) is 12.1 Å². The largest absolute Gasteiger partial charge is 0.401 e. The topological polar surface area (TPSA) is 48.6 Å². The van der Waals surface area contributed by atoms with Gasteiger partial charge < -0.3 is 4.74 Å². The highest BCUT2D eigenvalue weighted by molar-refractivity contribution is 6.15. The van der Waals surface area contributed by atoms with Crippen LogP contribution in [0.3, 0.4) is 0 Å². The maximum Gasteiger partial charge on any atom is 0.345 e. The molecule has 3 heteroatoms. The van der Waals surface area contributed by atoms with Crippen LogP contribution < -0.4 is 5.41 Å². The van der Waals surface area contributed by atoms with E-state index in [-0.39, 0.29) is 5.90 Å². The molecule has 1 heterocycles. The van der Waals surface area contributed by atoms with Crippen LogP contribution in [0.1, 0.15) is 15.9 Å². The van der Waals surface area contributed by atoms with Crippen molar-refractivity contribution < 1.29 is 9.53 Å². The van der Waals surface area contributed by atoms with Crippen molar-refractivity contribution in [1.82, 2.24) is 5.41 Å². The van der Waals surface area contributed by atoms with Crippen LogP contribution in [0.5, 0.6) is 0 Å². The fourth-order valence-corrected chi connectivity index (χ4v) is 0.978. The van der Waals surface area contributed by atoms with Crippen molar-refractivity contribution >= 4 is 11.9 Å². The molecule has 0 saturated heterocycles. The Morgan fingerprint density at radius 1 is 1.55 bits per heavy atom. The van der Waals surface area contributed by atoms with Gasteiger partial charge >= 0.3 is 5.97 Å². The zero-order valence-electron chi connectivity index (χ0n) is 5.50. The van der Waals surface area contributed by atoms with E-state index in [9.17, 15) is 4.79 Å². The highest BCUT2D eigenvalue weighted by atomic mass is 16.5. The minimum atomic E-state index is -0.519. The van der Waals surface area contributed by atoms with Crippen molar-refractivity contribution in [2.24, 2.45) is 0 Å². The van der Waals surface area contributed by atoms with Crippen LogP contribution in [0, 0.1) is 6.07 Å². The molecule has 11 heavy (non-hydrogen) atoms. The molecule has 0 bridgehead atoms. The number of hydrogen-bond acceptors (Lipinski definition) is 2. The van der Waals surface area contributed by atoms with Crippen LogP contribution in [-0.2, 0) is 4.74 Å². The Morgan fingerprint density at radius 2 is 2.36 bits per heavy atom. The fraction of sp³-hybridized carbons (Fsp3) is 0. The number of ether oxygens (including phenoxy) is 1. The molecule has 0 aromatic heterocycles. The third kappa shape index (κ3) is 0.741. The molecule has 0 aliphatic carbocycles.